The molecule has 1 aliphatic rings. The van der Waals surface area contributed by atoms with Crippen molar-refractivity contribution >= 4 is 12.1 Å². The molecule has 2 atom stereocenters. The monoisotopic (exact) mass is 227 g/mol. The quantitative estimate of drug-likeness (QED) is 0.712. The minimum Gasteiger partial charge on any atom is -0.481 e. The van der Waals surface area contributed by atoms with Gasteiger partial charge in [-0.2, -0.15) is 0 Å². The maximum absolute atomic E-state index is 11.2. The fourth-order valence-electron chi connectivity index (χ4n) is 1.91. The van der Waals surface area contributed by atoms with E-state index in [2.05, 4.69) is 11.9 Å². The molecule has 0 aromatic heterocycles. The standard InChI is InChI=1S/C11H17NO4/c1-4-5-16-10(15)12-8-6-7(9(13)14)11(8,2)3/h4,7-8H,1,5-6H2,2-3H3,(H,12,15)(H,13,14)/t7-,8-/m1/s1. The zero-order chi connectivity index (χ0) is 12.3. The smallest absolute Gasteiger partial charge is 0.407 e. The molecular formula is C11H17NO4. The highest BCUT2D eigenvalue weighted by molar-refractivity contribution is 5.74. The molecule has 0 unspecified atom stereocenters. The lowest BCUT2D eigenvalue weighted by Crippen LogP contribution is -2.60. The zero-order valence-electron chi connectivity index (χ0n) is 9.53. The van der Waals surface area contributed by atoms with Crippen LogP contribution in [0.15, 0.2) is 12.7 Å². The van der Waals surface area contributed by atoms with E-state index in [1.807, 2.05) is 13.8 Å². The van der Waals surface area contributed by atoms with E-state index in [0.29, 0.717) is 6.42 Å². The Morgan fingerprint density at radius 3 is 2.69 bits per heavy atom. The second kappa shape index (κ2) is 4.55. The van der Waals surface area contributed by atoms with E-state index in [4.69, 9.17) is 9.84 Å². The van der Waals surface area contributed by atoms with Crippen LogP contribution in [0.2, 0.25) is 0 Å². The highest BCUT2D eigenvalue weighted by atomic mass is 16.5. The van der Waals surface area contributed by atoms with Crippen LogP contribution in [0.1, 0.15) is 20.3 Å². The van der Waals surface area contributed by atoms with Crippen LogP contribution in [0.4, 0.5) is 4.79 Å². The third-order valence-corrected chi connectivity index (χ3v) is 3.19. The van der Waals surface area contributed by atoms with Crippen molar-refractivity contribution in [1.82, 2.24) is 5.32 Å². The summed E-state index contributed by atoms with van der Waals surface area (Å²) in [6, 6.07) is -0.147. The minimum atomic E-state index is -0.817. The molecule has 0 aliphatic heterocycles. The van der Waals surface area contributed by atoms with Crippen LogP contribution in [0.25, 0.3) is 0 Å². The van der Waals surface area contributed by atoms with Gasteiger partial charge in [-0.3, -0.25) is 4.79 Å². The van der Waals surface area contributed by atoms with E-state index in [-0.39, 0.29) is 12.6 Å². The first-order chi connectivity index (χ1) is 7.39. The Bertz CT molecular complexity index is 311. The SMILES string of the molecule is C=CCOC(=O)N[C@@H]1C[C@H](C(=O)O)C1(C)C. The fourth-order valence-corrected chi connectivity index (χ4v) is 1.91. The molecule has 1 fully saturated rings. The van der Waals surface area contributed by atoms with Crippen molar-refractivity contribution < 1.29 is 19.4 Å². The van der Waals surface area contributed by atoms with Crippen LogP contribution >= 0.6 is 0 Å². The highest BCUT2D eigenvalue weighted by Crippen LogP contribution is 2.46. The first kappa shape index (κ1) is 12.5. The maximum atomic E-state index is 11.2. The first-order valence-electron chi connectivity index (χ1n) is 5.16. The van der Waals surface area contributed by atoms with Crippen molar-refractivity contribution in [3.05, 3.63) is 12.7 Å². The molecule has 0 heterocycles. The Balaban J connectivity index is 2.44. The van der Waals surface area contributed by atoms with Crippen molar-refractivity contribution in [3.63, 3.8) is 0 Å². The average molecular weight is 227 g/mol. The zero-order valence-corrected chi connectivity index (χ0v) is 9.53. The largest absolute Gasteiger partial charge is 0.481 e. The number of carboxylic acid groups (broad SMARTS) is 1. The molecule has 0 saturated heterocycles. The van der Waals surface area contributed by atoms with Gasteiger partial charge in [0.2, 0.25) is 0 Å². The molecule has 0 radical (unpaired) electrons. The molecule has 0 aromatic rings. The maximum Gasteiger partial charge on any atom is 0.407 e. The molecule has 0 aromatic carbocycles. The van der Waals surface area contributed by atoms with E-state index < -0.39 is 23.4 Å². The molecule has 1 amide bonds. The molecule has 1 aliphatic carbocycles. The number of carbonyl (C=O) groups is 2. The predicted molar refractivity (Wildman–Crippen MR) is 58.0 cm³/mol. The van der Waals surface area contributed by atoms with Crippen LogP contribution in [0.5, 0.6) is 0 Å². The molecule has 0 bridgehead atoms. The molecule has 1 rings (SSSR count). The van der Waals surface area contributed by atoms with E-state index in [9.17, 15) is 9.59 Å². The molecule has 90 valence electrons. The lowest BCUT2D eigenvalue weighted by atomic mass is 9.58. The van der Waals surface area contributed by atoms with Gasteiger partial charge in [0.25, 0.3) is 0 Å². The van der Waals surface area contributed by atoms with Gasteiger partial charge in [-0.25, -0.2) is 4.79 Å². The van der Waals surface area contributed by atoms with Gasteiger partial charge in [-0.05, 0) is 11.8 Å². The Morgan fingerprint density at radius 1 is 1.62 bits per heavy atom. The normalized spacial score (nSPS) is 26.4. The average Bonchev–Trinajstić information content (AvgIpc) is 2.20. The van der Waals surface area contributed by atoms with Gasteiger partial charge in [0.1, 0.15) is 6.61 Å². The van der Waals surface area contributed by atoms with Gasteiger partial charge in [0.05, 0.1) is 5.92 Å². The van der Waals surface area contributed by atoms with E-state index in [0.717, 1.165) is 0 Å². The summed E-state index contributed by atoms with van der Waals surface area (Å²) in [5.41, 5.74) is -0.432. The number of amides is 1. The van der Waals surface area contributed by atoms with Crippen molar-refractivity contribution in [1.29, 1.82) is 0 Å². The lowest BCUT2D eigenvalue weighted by molar-refractivity contribution is -0.154. The third kappa shape index (κ3) is 2.35. The summed E-state index contributed by atoms with van der Waals surface area (Å²) in [6.45, 7) is 7.24. The summed E-state index contributed by atoms with van der Waals surface area (Å²) in [6.07, 6.45) is 1.40. The number of carboxylic acids is 1. The van der Waals surface area contributed by atoms with Crippen LogP contribution in [0.3, 0.4) is 0 Å². The Labute approximate surface area is 94.5 Å². The van der Waals surface area contributed by atoms with Crippen LogP contribution < -0.4 is 5.32 Å². The fraction of sp³-hybridized carbons (Fsp3) is 0.636. The van der Waals surface area contributed by atoms with Crippen molar-refractivity contribution in [2.75, 3.05) is 6.61 Å². The Morgan fingerprint density at radius 2 is 2.25 bits per heavy atom. The lowest BCUT2D eigenvalue weighted by Gasteiger charge is -2.49. The van der Waals surface area contributed by atoms with Gasteiger partial charge < -0.3 is 15.2 Å². The third-order valence-electron chi connectivity index (χ3n) is 3.19. The number of aliphatic carboxylic acids is 1. The molecular weight excluding hydrogens is 210 g/mol. The molecule has 2 N–H and O–H groups in total. The summed E-state index contributed by atoms with van der Waals surface area (Å²) in [4.78, 5) is 22.1. The van der Waals surface area contributed by atoms with Crippen LogP contribution in [-0.2, 0) is 9.53 Å². The van der Waals surface area contributed by atoms with E-state index >= 15 is 0 Å². The number of hydrogen-bond donors (Lipinski definition) is 2. The first-order valence-corrected chi connectivity index (χ1v) is 5.16. The summed E-state index contributed by atoms with van der Waals surface area (Å²) in [5.74, 6) is -1.22. The van der Waals surface area contributed by atoms with Crippen molar-refractivity contribution in [2.45, 2.75) is 26.3 Å². The van der Waals surface area contributed by atoms with Gasteiger partial charge in [-0.15, -0.1) is 0 Å². The molecule has 16 heavy (non-hydrogen) atoms. The number of ether oxygens (including phenoxy) is 1. The predicted octanol–water partition coefficient (Wildman–Crippen LogP) is 1.40. The molecule has 1 saturated carbocycles. The second-order valence-electron chi connectivity index (χ2n) is 4.53. The Hall–Kier alpha value is -1.52. The molecule has 0 spiro atoms. The summed E-state index contributed by atoms with van der Waals surface area (Å²) in [5, 5.41) is 11.6. The number of hydrogen-bond acceptors (Lipinski definition) is 3. The van der Waals surface area contributed by atoms with Gasteiger partial charge in [0.15, 0.2) is 0 Å². The topological polar surface area (TPSA) is 75.6 Å². The summed E-state index contributed by atoms with van der Waals surface area (Å²) < 4.78 is 4.77. The Kier molecular flexibility index (Phi) is 3.57. The van der Waals surface area contributed by atoms with E-state index in [1.165, 1.54) is 6.08 Å². The summed E-state index contributed by atoms with van der Waals surface area (Å²) >= 11 is 0. The van der Waals surface area contributed by atoms with Crippen molar-refractivity contribution in [2.24, 2.45) is 11.3 Å². The minimum absolute atomic E-state index is 0.147. The number of carbonyl (C=O) groups excluding carboxylic acids is 1. The molecule has 5 heteroatoms. The number of nitrogens with one attached hydrogen (secondary N) is 1. The summed E-state index contributed by atoms with van der Waals surface area (Å²) in [7, 11) is 0. The number of alkyl carbamates (subject to hydrolysis) is 1. The van der Waals surface area contributed by atoms with Gasteiger partial charge in [-0.1, -0.05) is 26.5 Å². The second-order valence-corrected chi connectivity index (χ2v) is 4.53. The van der Waals surface area contributed by atoms with E-state index in [1.54, 1.807) is 0 Å². The van der Waals surface area contributed by atoms with Gasteiger partial charge >= 0.3 is 12.1 Å². The van der Waals surface area contributed by atoms with Gasteiger partial charge in [0, 0.05) is 6.04 Å². The highest BCUT2D eigenvalue weighted by Gasteiger charge is 2.52. The van der Waals surface area contributed by atoms with Crippen LogP contribution in [-0.4, -0.2) is 29.8 Å². The number of rotatable bonds is 4. The van der Waals surface area contributed by atoms with Crippen molar-refractivity contribution in [3.8, 4) is 0 Å². The van der Waals surface area contributed by atoms with Crippen LogP contribution in [0, 0.1) is 11.3 Å². The molecule has 5 nitrogen and oxygen atoms in total.